The van der Waals surface area contributed by atoms with Crippen LogP contribution in [0, 0.1) is 11.8 Å². The Morgan fingerprint density at radius 1 is 1.05 bits per heavy atom. The number of methoxy groups -OCH3 is 1. The summed E-state index contributed by atoms with van der Waals surface area (Å²) in [6.07, 6.45) is 0. The van der Waals surface area contributed by atoms with Crippen LogP contribution >= 0.6 is 0 Å². The van der Waals surface area contributed by atoms with Gasteiger partial charge in [0, 0.05) is 18.4 Å². The highest BCUT2D eigenvalue weighted by Gasteiger charge is 1.93. The molecule has 0 aliphatic heterocycles. The lowest BCUT2D eigenvalue weighted by Gasteiger charge is -2.05. The molecule has 0 saturated heterocycles. The normalized spacial score (nSPS) is 9.53. The lowest BCUT2D eigenvalue weighted by atomic mass is 10.2. The molecule has 19 heavy (non-hydrogen) atoms. The minimum atomic E-state index is 0.630. The molecule has 2 rings (SSSR count). The predicted molar refractivity (Wildman–Crippen MR) is 79.0 cm³/mol. The molecule has 0 saturated carbocycles. The van der Waals surface area contributed by atoms with Gasteiger partial charge in [0.1, 0.15) is 0 Å². The number of ether oxygens (including phenoxy) is 1. The van der Waals surface area contributed by atoms with Gasteiger partial charge in [0.05, 0.1) is 13.2 Å². The fourth-order valence-electron chi connectivity index (χ4n) is 1.75. The number of benzene rings is 2. The van der Waals surface area contributed by atoms with Crippen LogP contribution < -0.4 is 5.32 Å². The van der Waals surface area contributed by atoms with Crippen molar-refractivity contribution in [2.45, 2.75) is 6.61 Å². The maximum absolute atomic E-state index is 5.11. The Hall–Kier alpha value is -2.24. The highest BCUT2D eigenvalue weighted by molar-refractivity contribution is 5.47. The van der Waals surface area contributed by atoms with Crippen LogP contribution in [0.4, 0.5) is 5.69 Å². The Morgan fingerprint density at radius 3 is 2.68 bits per heavy atom. The molecular formula is C17H17NO. The van der Waals surface area contributed by atoms with Gasteiger partial charge in [0.2, 0.25) is 0 Å². The van der Waals surface area contributed by atoms with Crippen molar-refractivity contribution in [3.8, 4) is 11.8 Å². The fraction of sp³-hybridized carbons (Fsp3) is 0.176. The maximum atomic E-state index is 5.11. The van der Waals surface area contributed by atoms with Gasteiger partial charge >= 0.3 is 0 Å². The fourth-order valence-corrected chi connectivity index (χ4v) is 1.75. The molecule has 2 heteroatoms. The van der Waals surface area contributed by atoms with Crippen LogP contribution in [-0.4, -0.2) is 13.7 Å². The summed E-state index contributed by atoms with van der Waals surface area (Å²) < 4.78 is 5.11. The van der Waals surface area contributed by atoms with Crippen molar-refractivity contribution in [2.24, 2.45) is 0 Å². The first-order valence-corrected chi connectivity index (χ1v) is 6.24. The molecule has 0 fully saturated rings. The van der Waals surface area contributed by atoms with Crippen LogP contribution in [0.2, 0.25) is 0 Å². The lowest BCUT2D eigenvalue weighted by Crippen LogP contribution is -1.99. The van der Waals surface area contributed by atoms with Gasteiger partial charge in [-0.15, -0.1) is 0 Å². The van der Waals surface area contributed by atoms with E-state index in [1.165, 1.54) is 0 Å². The van der Waals surface area contributed by atoms with Gasteiger partial charge in [-0.25, -0.2) is 0 Å². The molecule has 0 aliphatic carbocycles. The lowest BCUT2D eigenvalue weighted by molar-refractivity contribution is 0.185. The van der Waals surface area contributed by atoms with E-state index in [-0.39, 0.29) is 0 Å². The molecule has 0 unspecified atom stereocenters. The van der Waals surface area contributed by atoms with E-state index in [4.69, 9.17) is 4.74 Å². The van der Waals surface area contributed by atoms with E-state index in [9.17, 15) is 0 Å². The highest BCUT2D eigenvalue weighted by Crippen LogP contribution is 2.10. The predicted octanol–water partition coefficient (Wildman–Crippen LogP) is 3.30. The van der Waals surface area contributed by atoms with Gasteiger partial charge in [0.25, 0.3) is 0 Å². The molecule has 1 N–H and O–H groups in total. The summed E-state index contributed by atoms with van der Waals surface area (Å²) in [5.74, 6) is 6.23. The summed E-state index contributed by atoms with van der Waals surface area (Å²) in [7, 11) is 1.70. The number of hydrogen-bond acceptors (Lipinski definition) is 2. The monoisotopic (exact) mass is 251 g/mol. The van der Waals surface area contributed by atoms with Gasteiger partial charge in [-0.05, 0) is 29.8 Å². The summed E-state index contributed by atoms with van der Waals surface area (Å²) >= 11 is 0. The molecule has 0 atom stereocenters. The average Bonchev–Trinajstić information content (AvgIpc) is 2.46. The van der Waals surface area contributed by atoms with Crippen molar-refractivity contribution in [3.63, 3.8) is 0 Å². The van der Waals surface area contributed by atoms with E-state index in [1.807, 2.05) is 48.5 Å². The summed E-state index contributed by atoms with van der Waals surface area (Å²) in [6.45, 7) is 1.26. The SMILES string of the molecule is COCc1cccc(NCC#Cc2ccccc2)c1. The van der Waals surface area contributed by atoms with Gasteiger partial charge in [-0.2, -0.15) is 0 Å². The van der Waals surface area contributed by atoms with Gasteiger partial charge in [-0.1, -0.05) is 42.2 Å². The second-order valence-electron chi connectivity index (χ2n) is 4.15. The Bertz CT molecular complexity index is 567. The van der Waals surface area contributed by atoms with Crippen molar-refractivity contribution >= 4 is 5.69 Å². The third kappa shape index (κ3) is 4.50. The molecule has 0 radical (unpaired) electrons. The maximum Gasteiger partial charge on any atom is 0.0769 e. The second kappa shape index (κ2) is 7.25. The summed E-state index contributed by atoms with van der Waals surface area (Å²) in [6, 6.07) is 18.2. The summed E-state index contributed by atoms with van der Waals surface area (Å²) in [4.78, 5) is 0. The van der Waals surface area contributed by atoms with Crippen LogP contribution in [0.25, 0.3) is 0 Å². The molecule has 0 heterocycles. The topological polar surface area (TPSA) is 21.3 Å². The molecule has 0 aromatic heterocycles. The van der Waals surface area contributed by atoms with E-state index in [1.54, 1.807) is 7.11 Å². The largest absolute Gasteiger partial charge is 0.380 e. The number of hydrogen-bond donors (Lipinski definition) is 1. The zero-order chi connectivity index (χ0) is 13.3. The van der Waals surface area contributed by atoms with Crippen molar-refractivity contribution in [3.05, 3.63) is 65.7 Å². The molecule has 2 aromatic rings. The number of anilines is 1. The van der Waals surface area contributed by atoms with Gasteiger partial charge in [0.15, 0.2) is 0 Å². The first-order valence-electron chi connectivity index (χ1n) is 6.24. The van der Waals surface area contributed by atoms with Crippen LogP contribution in [0.1, 0.15) is 11.1 Å². The van der Waals surface area contributed by atoms with Crippen LogP contribution in [0.5, 0.6) is 0 Å². The Labute approximate surface area is 114 Å². The van der Waals surface area contributed by atoms with E-state index < -0.39 is 0 Å². The van der Waals surface area contributed by atoms with Gasteiger partial charge in [-0.3, -0.25) is 0 Å². The van der Waals surface area contributed by atoms with E-state index in [0.29, 0.717) is 13.2 Å². The number of rotatable bonds is 4. The highest BCUT2D eigenvalue weighted by atomic mass is 16.5. The smallest absolute Gasteiger partial charge is 0.0769 e. The zero-order valence-electron chi connectivity index (χ0n) is 11.0. The third-order valence-electron chi connectivity index (χ3n) is 2.63. The molecule has 96 valence electrons. The molecule has 0 spiro atoms. The minimum absolute atomic E-state index is 0.630. The first kappa shape index (κ1) is 13.2. The van der Waals surface area contributed by atoms with Crippen molar-refractivity contribution in [1.29, 1.82) is 0 Å². The Morgan fingerprint density at radius 2 is 1.89 bits per heavy atom. The molecular weight excluding hydrogens is 234 g/mol. The van der Waals surface area contributed by atoms with E-state index in [2.05, 4.69) is 23.2 Å². The van der Waals surface area contributed by atoms with Crippen molar-refractivity contribution in [1.82, 2.24) is 0 Å². The average molecular weight is 251 g/mol. The van der Waals surface area contributed by atoms with Crippen LogP contribution in [0.3, 0.4) is 0 Å². The Balaban J connectivity index is 1.89. The molecule has 0 bridgehead atoms. The third-order valence-corrected chi connectivity index (χ3v) is 2.63. The van der Waals surface area contributed by atoms with Gasteiger partial charge < -0.3 is 10.1 Å². The Kier molecular flexibility index (Phi) is 5.04. The van der Waals surface area contributed by atoms with Crippen molar-refractivity contribution in [2.75, 3.05) is 19.0 Å². The van der Waals surface area contributed by atoms with E-state index in [0.717, 1.165) is 16.8 Å². The van der Waals surface area contributed by atoms with Crippen LogP contribution in [-0.2, 0) is 11.3 Å². The summed E-state index contributed by atoms with van der Waals surface area (Å²) in [5.41, 5.74) is 3.26. The summed E-state index contributed by atoms with van der Waals surface area (Å²) in [5, 5.41) is 3.28. The molecule has 2 nitrogen and oxygen atoms in total. The molecule has 0 aliphatic rings. The van der Waals surface area contributed by atoms with Crippen molar-refractivity contribution < 1.29 is 4.74 Å². The minimum Gasteiger partial charge on any atom is -0.380 e. The van der Waals surface area contributed by atoms with E-state index >= 15 is 0 Å². The standard InChI is InChI=1S/C17H17NO/c1-19-14-16-9-5-11-17(13-16)18-12-6-10-15-7-3-2-4-8-15/h2-5,7-9,11,13,18H,12,14H2,1H3. The molecule has 2 aromatic carbocycles. The van der Waals surface area contributed by atoms with Crippen LogP contribution in [0.15, 0.2) is 54.6 Å². The number of nitrogens with one attached hydrogen (secondary N) is 1. The first-order chi connectivity index (χ1) is 9.38. The quantitative estimate of drug-likeness (QED) is 0.842. The molecule has 0 amide bonds. The zero-order valence-corrected chi connectivity index (χ0v) is 11.0. The second-order valence-corrected chi connectivity index (χ2v) is 4.15.